The van der Waals surface area contributed by atoms with Gasteiger partial charge >= 0.3 is 0 Å². The maximum Gasteiger partial charge on any atom is 0.264 e. The number of ether oxygens (including phenoxy) is 1. The van der Waals surface area contributed by atoms with Gasteiger partial charge in [-0.15, -0.1) is 0 Å². The summed E-state index contributed by atoms with van der Waals surface area (Å²) in [5, 5.41) is 12.7. The zero-order chi connectivity index (χ0) is 28.2. The van der Waals surface area contributed by atoms with Crippen LogP contribution in [0.15, 0.2) is 83.8 Å². The molecule has 6 nitrogen and oxygen atoms in total. The summed E-state index contributed by atoms with van der Waals surface area (Å²) in [4.78, 5) is 11.9. The van der Waals surface area contributed by atoms with E-state index < -0.39 is 38.1 Å². The third-order valence-electron chi connectivity index (χ3n) is 6.31. The minimum absolute atomic E-state index is 0.149. The topological polar surface area (TPSA) is 92.7 Å². The van der Waals surface area contributed by atoms with Crippen LogP contribution in [0, 0.1) is 11.6 Å². The van der Waals surface area contributed by atoms with Crippen molar-refractivity contribution in [2.24, 2.45) is 0 Å². The Hall–Kier alpha value is -3.82. The molecule has 4 rings (SSSR count). The lowest BCUT2D eigenvalue weighted by Gasteiger charge is -2.20. The molecule has 0 aromatic heterocycles. The Bertz CT molecular complexity index is 1610. The molecule has 0 atom stereocenters. The molecule has 4 aromatic carbocycles. The van der Waals surface area contributed by atoms with E-state index in [9.17, 15) is 27.1 Å². The molecule has 0 aliphatic rings. The van der Waals surface area contributed by atoms with Crippen LogP contribution in [0.25, 0.3) is 10.8 Å². The van der Waals surface area contributed by atoms with Crippen LogP contribution >= 0.6 is 0 Å². The maximum absolute atomic E-state index is 13.5. The number of carbonyl (C=O) groups is 1. The van der Waals surface area contributed by atoms with Gasteiger partial charge in [-0.25, -0.2) is 21.9 Å². The molecular formula is C30H29F2NO5S. The number of carbonyl (C=O) groups excluding carboxylic acids is 1. The standard InChI is InChI=1S/C30H29F2NO5S/c1-30(2,35)24-11-9-22(10-14-29(34)33-39(36,37)25-12-13-26(31)27(32)19-25)28(18-24)38-16-15-20-7-8-21-5-3-4-6-23(21)17-20/h3-9,11-13,17-19,35H,10,14-16H2,1-2H3,(H,33,34). The lowest BCUT2D eigenvalue weighted by Crippen LogP contribution is -2.30. The average Bonchev–Trinajstić information content (AvgIpc) is 2.88. The molecule has 0 saturated carbocycles. The highest BCUT2D eigenvalue weighted by Crippen LogP contribution is 2.29. The fourth-order valence-corrected chi connectivity index (χ4v) is 5.13. The highest BCUT2D eigenvalue weighted by atomic mass is 32.2. The van der Waals surface area contributed by atoms with Gasteiger partial charge in [-0.1, -0.05) is 54.6 Å². The van der Waals surface area contributed by atoms with Gasteiger partial charge in [0.1, 0.15) is 5.75 Å². The molecule has 0 aliphatic heterocycles. The summed E-state index contributed by atoms with van der Waals surface area (Å²) in [7, 11) is -4.37. The van der Waals surface area contributed by atoms with Gasteiger partial charge in [-0.2, -0.15) is 0 Å². The molecule has 0 fully saturated rings. The fourth-order valence-electron chi connectivity index (χ4n) is 4.10. The van der Waals surface area contributed by atoms with Crippen molar-refractivity contribution in [1.29, 1.82) is 0 Å². The molecule has 204 valence electrons. The smallest absolute Gasteiger partial charge is 0.264 e. The molecule has 4 aromatic rings. The summed E-state index contributed by atoms with van der Waals surface area (Å²) in [6, 6.07) is 21.5. The van der Waals surface area contributed by atoms with Crippen molar-refractivity contribution in [3.05, 3.63) is 107 Å². The Morgan fingerprint density at radius 1 is 0.897 bits per heavy atom. The summed E-state index contributed by atoms with van der Waals surface area (Å²) in [6.07, 6.45) is 0.576. The number of amides is 1. The van der Waals surface area contributed by atoms with Crippen LogP contribution in [0.2, 0.25) is 0 Å². The highest BCUT2D eigenvalue weighted by Gasteiger charge is 2.21. The van der Waals surface area contributed by atoms with Gasteiger partial charge < -0.3 is 9.84 Å². The molecule has 0 unspecified atom stereocenters. The molecule has 0 aliphatic carbocycles. The second-order valence-corrected chi connectivity index (χ2v) is 11.4. The molecule has 2 N–H and O–H groups in total. The Balaban J connectivity index is 1.44. The molecule has 39 heavy (non-hydrogen) atoms. The molecule has 0 saturated heterocycles. The Morgan fingerprint density at radius 3 is 2.36 bits per heavy atom. The van der Waals surface area contributed by atoms with Crippen molar-refractivity contribution < 1.29 is 31.8 Å². The number of hydrogen-bond donors (Lipinski definition) is 2. The van der Waals surface area contributed by atoms with E-state index in [1.165, 1.54) is 0 Å². The third-order valence-corrected chi connectivity index (χ3v) is 7.68. The molecule has 0 heterocycles. The number of sulfonamides is 1. The van der Waals surface area contributed by atoms with E-state index in [0.29, 0.717) is 42.0 Å². The van der Waals surface area contributed by atoms with Crippen molar-refractivity contribution in [3.8, 4) is 5.75 Å². The number of fused-ring (bicyclic) bond motifs is 1. The number of aliphatic hydroxyl groups is 1. The number of benzene rings is 4. The fraction of sp³-hybridized carbons (Fsp3) is 0.233. The zero-order valence-corrected chi connectivity index (χ0v) is 22.4. The van der Waals surface area contributed by atoms with Crippen LogP contribution in [0.1, 0.15) is 37.0 Å². The van der Waals surface area contributed by atoms with Crippen LogP contribution in [0.3, 0.4) is 0 Å². The van der Waals surface area contributed by atoms with E-state index in [4.69, 9.17) is 4.74 Å². The maximum atomic E-state index is 13.5. The van der Waals surface area contributed by atoms with E-state index in [-0.39, 0.29) is 12.8 Å². The summed E-state index contributed by atoms with van der Waals surface area (Å²) in [5.74, 6) is -2.86. The second-order valence-electron chi connectivity index (χ2n) is 9.77. The first kappa shape index (κ1) is 28.2. The van der Waals surface area contributed by atoms with Crippen molar-refractivity contribution in [1.82, 2.24) is 4.72 Å². The summed E-state index contributed by atoms with van der Waals surface area (Å²) >= 11 is 0. The number of halogens is 2. The van der Waals surface area contributed by atoms with Crippen LogP contribution in [0.5, 0.6) is 5.75 Å². The number of hydrogen-bond acceptors (Lipinski definition) is 5. The number of aryl methyl sites for hydroxylation is 1. The minimum Gasteiger partial charge on any atom is -0.493 e. The monoisotopic (exact) mass is 553 g/mol. The van der Waals surface area contributed by atoms with E-state index in [2.05, 4.69) is 12.1 Å². The predicted octanol–water partition coefficient (Wildman–Crippen LogP) is 5.40. The van der Waals surface area contributed by atoms with Gasteiger partial charge in [-0.05, 0) is 72.0 Å². The highest BCUT2D eigenvalue weighted by molar-refractivity contribution is 7.90. The molecule has 9 heteroatoms. The van der Waals surface area contributed by atoms with E-state index >= 15 is 0 Å². The Morgan fingerprint density at radius 2 is 1.64 bits per heavy atom. The largest absolute Gasteiger partial charge is 0.493 e. The SMILES string of the molecule is CC(C)(O)c1ccc(CCC(=O)NS(=O)(=O)c2ccc(F)c(F)c2)c(OCCc2ccc3ccccc3c2)c1. The first-order valence-corrected chi connectivity index (χ1v) is 13.9. The minimum atomic E-state index is -4.37. The van der Waals surface area contributed by atoms with Gasteiger partial charge in [-0.3, -0.25) is 4.79 Å². The van der Waals surface area contributed by atoms with Crippen molar-refractivity contribution in [3.63, 3.8) is 0 Å². The van der Waals surface area contributed by atoms with Crippen molar-refractivity contribution >= 4 is 26.7 Å². The van der Waals surface area contributed by atoms with Crippen molar-refractivity contribution in [2.45, 2.75) is 43.6 Å². The van der Waals surface area contributed by atoms with Crippen molar-refractivity contribution in [2.75, 3.05) is 6.61 Å². The second kappa shape index (κ2) is 11.5. The zero-order valence-electron chi connectivity index (χ0n) is 21.6. The molecule has 0 spiro atoms. The summed E-state index contributed by atoms with van der Waals surface area (Å²) in [6.45, 7) is 3.65. The van der Waals surface area contributed by atoms with E-state index in [1.807, 2.05) is 35.1 Å². The predicted molar refractivity (Wildman–Crippen MR) is 145 cm³/mol. The van der Waals surface area contributed by atoms with Gasteiger partial charge in [0.2, 0.25) is 5.91 Å². The Labute approximate surface area is 226 Å². The first-order valence-electron chi connectivity index (χ1n) is 12.4. The van der Waals surface area contributed by atoms with Gasteiger partial charge in [0.05, 0.1) is 17.1 Å². The van der Waals surface area contributed by atoms with Crippen LogP contribution < -0.4 is 9.46 Å². The van der Waals surface area contributed by atoms with E-state index in [0.717, 1.165) is 22.4 Å². The first-order chi connectivity index (χ1) is 18.4. The number of nitrogens with one attached hydrogen (secondary N) is 1. The molecule has 0 bridgehead atoms. The lowest BCUT2D eigenvalue weighted by molar-refractivity contribution is -0.119. The van der Waals surface area contributed by atoms with Crippen LogP contribution in [-0.4, -0.2) is 26.0 Å². The lowest BCUT2D eigenvalue weighted by atomic mass is 9.95. The molecular weight excluding hydrogens is 524 g/mol. The van der Waals surface area contributed by atoms with E-state index in [1.54, 1.807) is 32.0 Å². The van der Waals surface area contributed by atoms with Gasteiger partial charge in [0.15, 0.2) is 11.6 Å². The van der Waals surface area contributed by atoms with Crippen LogP contribution in [0.4, 0.5) is 8.78 Å². The quantitative estimate of drug-likeness (QED) is 0.274. The average molecular weight is 554 g/mol. The molecule has 1 amide bonds. The number of rotatable bonds is 10. The van der Waals surface area contributed by atoms with Crippen LogP contribution in [-0.2, 0) is 33.3 Å². The summed E-state index contributed by atoms with van der Waals surface area (Å²) in [5.41, 5.74) is 1.25. The molecule has 0 radical (unpaired) electrons. The van der Waals surface area contributed by atoms with Gasteiger partial charge in [0, 0.05) is 12.8 Å². The summed E-state index contributed by atoms with van der Waals surface area (Å²) < 4.78 is 59.4. The normalized spacial score (nSPS) is 11.9. The van der Waals surface area contributed by atoms with Gasteiger partial charge in [0.25, 0.3) is 10.0 Å². The third kappa shape index (κ3) is 7.19. The Kier molecular flexibility index (Phi) is 8.32.